The first-order valence-corrected chi connectivity index (χ1v) is 6.17. The van der Waals surface area contributed by atoms with Gasteiger partial charge in [-0.3, -0.25) is 4.79 Å². The topological polar surface area (TPSA) is 83.6 Å². The van der Waals surface area contributed by atoms with Gasteiger partial charge in [-0.15, -0.1) is 10.2 Å². The molecule has 2 rings (SSSR count). The number of halogens is 1. The fourth-order valence-electron chi connectivity index (χ4n) is 1.53. The summed E-state index contributed by atoms with van der Waals surface area (Å²) in [6, 6.07) is 5.27. The average molecular weight is 310 g/mol. The molecule has 1 aromatic heterocycles. The third kappa shape index (κ3) is 2.73. The summed E-state index contributed by atoms with van der Waals surface area (Å²) in [6.07, 6.45) is 0. The van der Waals surface area contributed by atoms with E-state index in [-0.39, 0.29) is 11.9 Å². The number of benzene rings is 1. The van der Waals surface area contributed by atoms with Crippen LogP contribution in [-0.2, 0) is 0 Å². The van der Waals surface area contributed by atoms with Gasteiger partial charge >= 0.3 is 0 Å². The van der Waals surface area contributed by atoms with Crippen LogP contribution in [0.3, 0.4) is 0 Å². The lowest BCUT2D eigenvalue weighted by Gasteiger charge is -2.11. The van der Waals surface area contributed by atoms with Gasteiger partial charge in [0.2, 0.25) is 0 Å². The zero-order valence-electron chi connectivity index (χ0n) is 9.94. The second-order valence-corrected chi connectivity index (χ2v) is 4.84. The molecule has 0 saturated carbocycles. The van der Waals surface area contributed by atoms with E-state index in [4.69, 9.17) is 0 Å². The number of carbonyl (C=O) groups excluding carboxylic acids is 1. The van der Waals surface area contributed by atoms with Crippen LogP contribution in [-0.4, -0.2) is 26.5 Å². The van der Waals surface area contributed by atoms with Crippen molar-refractivity contribution in [3.8, 4) is 0 Å². The van der Waals surface area contributed by atoms with E-state index < -0.39 is 0 Å². The molecular weight excluding hydrogens is 298 g/mol. The lowest BCUT2D eigenvalue weighted by atomic mass is 10.1. The molecule has 94 valence electrons. The van der Waals surface area contributed by atoms with Crippen molar-refractivity contribution in [2.45, 2.75) is 19.9 Å². The molecule has 0 saturated heterocycles. The molecule has 7 heteroatoms. The van der Waals surface area contributed by atoms with Gasteiger partial charge in [0.05, 0.1) is 6.04 Å². The van der Waals surface area contributed by atoms with Crippen molar-refractivity contribution < 1.29 is 4.79 Å². The zero-order valence-corrected chi connectivity index (χ0v) is 11.5. The first kappa shape index (κ1) is 12.7. The normalized spacial score (nSPS) is 12.2. The van der Waals surface area contributed by atoms with Crippen LogP contribution in [0, 0.1) is 6.92 Å². The molecule has 0 spiro atoms. The van der Waals surface area contributed by atoms with Crippen LogP contribution in [0.2, 0.25) is 0 Å². The van der Waals surface area contributed by atoms with Gasteiger partial charge in [0.1, 0.15) is 0 Å². The molecule has 0 aliphatic carbocycles. The molecule has 1 amide bonds. The maximum atomic E-state index is 12.1. The molecule has 0 bridgehead atoms. The van der Waals surface area contributed by atoms with Crippen molar-refractivity contribution in [2.24, 2.45) is 0 Å². The first-order valence-electron chi connectivity index (χ1n) is 5.38. The van der Waals surface area contributed by atoms with Gasteiger partial charge in [-0.1, -0.05) is 27.2 Å². The highest BCUT2D eigenvalue weighted by Gasteiger charge is 2.16. The summed E-state index contributed by atoms with van der Waals surface area (Å²) in [5.74, 6) is 0.294. The molecule has 1 unspecified atom stereocenters. The highest BCUT2D eigenvalue weighted by molar-refractivity contribution is 9.10. The molecule has 0 radical (unpaired) electrons. The van der Waals surface area contributed by atoms with E-state index in [9.17, 15) is 4.79 Å². The second kappa shape index (κ2) is 5.26. The van der Waals surface area contributed by atoms with Crippen LogP contribution in [0.5, 0.6) is 0 Å². The lowest BCUT2D eigenvalue weighted by Crippen LogP contribution is -2.28. The fraction of sp³-hybridized carbons (Fsp3) is 0.273. The highest BCUT2D eigenvalue weighted by atomic mass is 79.9. The summed E-state index contributed by atoms with van der Waals surface area (Å²) in [4.78, 5) is 12.1. The number of carbonyl (C=O) groups is 1. The van der Waals surface area contributed by atoms with Gasteiger partial charge in [-0.05, 0) is 31.5 Å². The van der Waals surface area contributed by atoms with E-state index in [1.54, 1.807) is 13.0 Å². The van der Waals surface area contributed by atoms with Gasteiger partial charge in [-0.2, -0.15) is 5.21 Å². The SMILES string of the molecule is Cc1ccc(Br)cc1C(=O)NC(C)c1nn[nH]n1. The summed E-state index contributed by atoms with van der Waals surface area (Å²) in [5, 5.41) is 16.3. The Hall–Kier alpha value is -1.76. The Bertz CT molecular complexity index is 555. The second-order valence-electron chi connectivity index (χ2n) is 3.92. The number of amides is 1. The molecule has 1 aromatic carbocycles. The maximum Gasteiger partial charge on any atom is 0.252 e. The van der Waals surface area contributed by atoms with Crippen molar-refractivity contribution in [3.05, 3.63) is 39.6 Å². The number of aromatic nitrogens is 4. The Morgan fingerprint density at radius 1 is 1.50 bits per heavy atom. The molecule has 2 aromatic rings. The number of aryl methyl sites for hydroxylation is 1. The van der Waals surface area contributed by atoms with Crippen molar-refractivity contribution in [3.63, 3.8) is 0 Å². The average Bonchev–Trinajstić information content (AvgIpc) is 2.85. The molecule has 1 heterocycles. The van der Waals surface area contributed by atoms with Gasteiger partial charge in [0.25, 0.3) is 5.91 Å². The van der Waals surface area contributed by atoms with E-state index in [1.807, 2.05) is 19.1 Å². The number of hydrogen-bond donors (Lipinski definition) is 2. The fourth-order valence-corrected chi connectivity index (χ4v) is 1.89. The van der Waals surface area contributed by atoms with Crippen molar-refractivity contribution in [1.82, 2.24) is 25.9 Å². The molecule has 0 fully saturated rings. The van der Waals surface area contributed by atoms with Crippen molar-refractivity contribution >= 4 is 21.8 Å². The summed E-state index contributed by atoms with van der Waals surface area (Å²) < 4.78 is 0.866. The highest BCUT2D eigenvalue weighted by Crippen LogP contribution is 2.17. The molecule has 18 heavy (non-hydrogen) atoms. The predicted octanol–water partition coefficient (Wildman–Crippen LogP) is 1.76. The largest absolute Gasteiger partial charge is 0.342 e. The third-order valence-corrected chi connectivity index (χ3v) is 3.03. The molecular formula is C11H12BrN5O. The molecule has 0 aliphatic rings. The van der Waals surface area contributed by atoms with E-state index in [2.05, 4.69) is 41.9 Å². The summed E-state index contributed by atoms with van der Waals surface area (Å²) in [6.45, 7) is 3.69. The predicted molar refractivity (Wildman–Crippen MR) is 68.9 cm³/mol. The van der Waals surface area contributed by atoms with Crippen LogP contribution in [0.1, 0.15) is 34.7 Å². The maximum absolute atomic E-state index is 12.1. The Morgan fingerprint density at radius 3 is 2.94 bits per heavy atom. The van der Waals surface area contributed by atoms with E-state index in [1.165, 1.54) is 0 Å². The number of H-pyrrole nitrogens is 1. The van der Waals surface area contributed by atoms with Crippen molar-refractivity contribution in [2.75, 3.05) is 0 Å². The minimum absolute atomic E-state index is 0.161. The Morgan fingerprint density at radius 2 is 2.28 bits per heavy atom. The zero-order chi connectivity index (χ0) is 13.1. The number of hydrogen-bond acceptors (Lipinski definition) is 4. The number of nitrogens with zero attached hydrogens (tertiary/aromatic N) is 3. The minimum atomic E-state index is -0.297. The minimum Gasteiger partial charge on any atom is -0.342 e. The van der Waals surface area contributed by atoms with Gasteiger partial charge < -0.3 is 5.32 Å². The standard InChI is InChI=1S/C11H12BrN5O/c1-6-3-4-8(12)5-9(6)11(18)13-7(2)10-14-16-17-15-10/h3-5,7H,1-2H3,(H,13,18)(H,14,15,16,17). The number of rotatable bonds is 3. The Balaban J connectivity index is 2.15. The van der Waals surface area contributed by atoms with Crippen LogP contribution >= 0.6 is 15.9 Å². The van der Waals surface area contributed by atoms with Crippen LogP contribution in [0.4, 0.5) is 0 Å². The van der Waals surface area contributed by atoms with Crippen LogP contribution < -0.4 is 5.32 Å². The first-order chi connectivity index (χ1) is 8.58. The summed E-state index contributed by atoms with van der Waals surface area (Å²) in [7, 11) is 0. The van der Waals surface area contributed by atoms with Crippen LogP contribution in [0.25, 0.3) is 0 Å². The molecule has 0 aliphatic heterocycles. The summed E-state index contributed by atoms with van der Waals surface area (Å²) >= 11 is 3.35. The van der Waals surface area contributed by atoms with Crippen LogP contribution in [0.15, 0.2) is 22.7 Å². The quantitative estimate of drug-likeness (QED) is 0.905. The molecule has 6 nitrogen and oxygen atoms in total. The molecule has 1 atom stereocenters. The monoisotopic (exact) mass is 309 g/mol. The number of nitrogens with one attached hydrogen (secondary N) is 2. The van der Waals surface area contributed by atoms with Crippen molar-refractivity contribution in [1.29, 1.82) is 0 Å². The number of aromatic amines is 1. The third-order valence-electron chi connectivity index (χ3n) is 2.54. The Labute approximate surface area is 112 Å². The Kier molecular flexibility index (Phi) is 3.71. The van der Waals surface area contributed by atoms with E-state index >= 15 is 0 Å². The van der Waals surface area contributed by atoms with Gasteiger partial charge in [0.15, 0.2) is 5.82 Å². The summed E-state index contributed by atoms with van der Waals surface area (Å²) in [5.41, 5.74) is 1.54. The van der Waals surface area contributed by atoms with Gasteiger partial charge in [-0.25, -0.2) is 0 Å². The smallest absolute Gasteiger partial charge is 0.252 e. The lowest BCUT2D eigenvalue weighted by molar-refractivity contribution is 0.0937. The molecule has 2 N–H and O–H groups in total. The van der Waals surface area contributed by atoms with Gasteiger partial charge in [0, 0.05) is 10.0 Å². The number of tetrazole rings is 1. The van der Waals surface area contributed by atoms with E-state index in [0.29, 0.717) is 11.4 Å². The van der Waals surface area contributed by atoms with E-state index in [0.717, 1.165) is 10.0 Å².